The Morgan fingerprint density at radius 3 is 0.952 bits per heavy atom. The Hall–Kier alpha value is -0.580. The van der Waals surface area contributed by atoms with Crippen molar-refractivity contribution in [2.75, 3.05) is 0 Å². The molecule has 4 saturated carbocycles. The Labute approximate surface area is 253 Å². The van der Waals surface area contributed by atoms with Crippen LogP contribution in [0.5, 0.6) is 0 Å². The molecule has 0 spiro atoms. The van der Waals surface area contributed by atoms with Crippen LogP contribution in [0.1, 0.15) is 96.3 Å². The first-order valence-electron chi connectivity index (χ1n) is 18.5. The zero-order chi connectivity index (χ0) is 27.8. The van der Waals surface area contributed by atoms with Crippen LogP contribution in [0.4, 0.5) is 0 Å². The lowest BCUT2D eigenvalue weighted by Crippen LogP contribution is -2.61. The van der Waals surface area contributed by atoms with Gasteiger partial charge in [0.05, 0.1) is 49.3 Å². The van der Waals surface area contributed by atoms with Gasteiger partial charge in [0, 0.05) is 0 Å². The normalized spacial score (nSPS) is 57.1. The molecule has 0 aromatic carbocycles. The number of rotatable bonds is 1. The maximum atomic E-state index is 4.35. The molecule has 17 atom stereocenters. The highest BCUT2D eigenvalue weighted by Crippen LogP contribution is 2.47. The van der Waals surface area contributed by atoms with Crippen LogP contribution in [0.25, 0.3) is 0 Å². The molecule has 4 aliphatic carbocycles. The van der Waals surface area contributed by atoms with Crippen molar-refractivity contribution in [3.63, 3.8) is 0 Å². The van der Waals surface area contributed by atoms with Gasteiger partial charge in [0.25, 0.3) is 0 Å². The minimum atomic E-state index is 0.330. The Morgan fingerprint density at radius 1 is 0.333 bits per heavy atom. The first-order valence-corrected chi connectivity index (χ1v) is 18.5. The molecular formula is C34H58N8. The van der Waals surface area contributed by atoms with E-state index in [0.29, 0.717) is 73.0 Å². The van der Waals surface area contributed by atoms with E-state index < -0.39 is 0 Å². The first kappa shape index (κ1) is 27.7. The lowest BCUT2D eigenvalue weighted by molar-refractivity contribution is 0.145. The topological polar surface area (TPSA) is 96.2 Å². The fourth-order valence-corrected chi connectivity index (χ4v) is 12.4. The number of fused-ring (bicyclic) bond motifs is 20. The molecule has 8 bridgehead atoms. The lowest BCUT2D eigenvalue weighted by atomic mass is 9.71. The summed E-state index contributed by atoms with van der Waals surface area (Å²) in [6, 6.07) is 0. The van der Waals surface area contributed by atoms with Gasteiger partial charge in [0.1, 0.15) is 0 Å². The van der Waals surface area contributed by atoms with E-state index in [0.717, 1.165) is 29.6 Å². The van der Waals surface area contributed by atoms with Gasteiger partial charge in [-0.25, -0.2) is 0 Å². The van der Waals surface area contributed by atoms with Gasteiger partial charge in [-0.3, -0.25) is 42.5 Å². The SMILES string of the molecule is C=CC1CCCC2C3NC4NC(NC5NC(NC6NC(NC(N3)C12)C1CCCCC61)C1CCCCC51)C1CCCCC41. The van der Waals surface area contributed by atoms with Crippen molar-refractivity contribution in [3.05, 3.63) is 12.7 Å². The second kappa shape index (κ2) is 11.3. The van der Waals surface area contributed by atoms with E-state index >= 15 is 0 Å². The summed E-state index contributed by atoms with van der Waals surface area (Å²) in [5.41, 5.74) is 0. The van der Waals surface area contributed by atoms with Crippen molar-refractivity contribution in [2.24, 2.45) is 53.3 Å². The molecule has 9 aliphatic rings. The quantitative estimate of drug-likeness (QED) is 0.225. The minimum absolute atomic E-state index is 0.330. The van der Waals surface area contributed by atoms with E-state index in [1.807, 2.05) is 0 Å². The van der Waals surface area contributed by atoms with Gasteiger partial charge in [0.15, 0.2) is 0 Å². The maximum Gasteiger partial charge on any atom is 0.0634 e. The monoisotopic (exact) mass is 578 g/mol. The molecule has 5 heterocycles. The van der Waals surface area contributed by atoms with Crippen molar-refractivity contribution in [3.8, 4) is 0 Å². The number of allylic oxidation sites excluding steroid dienone is 1. The van der Waals surface area contributed by atoms with E-state index in [-0.39, 0.29) is 0 Å². The Bertz CT molecular complexity index is 991. The molecule has 5 aliphatic heterocycles. The molecule has 42 heavy (non-hydrogen) atoms. The summed E-state index contributed by atoms with van der Waals surface area (Å²) < 4.78 is 0. The van der Waals surface area contributed by atoms with Crippen molar-refractivity contribution in [1.29, 1.82) is 0 Å². The molecule has 0 aromatic heterocycles. The van der Waals surface area contributed by atoms with Gasteiger partial charge in [-0.05, 0) is 105 Å². The van der Waals surface area contributed by atoms with Crippen LogP contribution in [0.15, 0.2) is 12.7 Å². The molecule has 9 fully saturated rings. The number of hydrogen-bond donors (Lipinski definition) is 8. The predicted molar refractivity (Wildman–Crippen MR) is 166 cm³/mol. The van der Waals surface area contributed by atoms with Gasteiger partial charge in [0.2, 0.25) is 0 Å². The molecular weight excluding hydrogens is 520 g/mol. The largest absolute Gasteiger partial charge is 0.286 e. The fraction of sp³-hybridized carbons (Fsp3) is 0.941. The summed E-state index contributed by atoms with van der Waals surface area (Å²) >= 11 is 0. The molecule has 8 N–H and O–H groups in total. The zero-order valence-corrected chi connectivity index (χ0v) is 25.7. The molecule has 5 saturated heterocycles. The third-order valence-corrected chi connectivity index (χ3v) is 14.2. The maximum absolute atomic E-state index is 4.35. The van der Waals surface area contributed by atoms with Crippen molar-refractivity contribution >= 4 is 0 Å². The van der Waals surface area contributed by atoms with Crippen LogP contribution in [0, 0.1) is 53.3 Å². The summed E-state index contributed by atoms with van der Waals surface area (Å²) in [5.74, 6) is 6.20. The average molecular weight is 579 g/mol. The van der Waals surface area contributed by atoms with Crippen molar-refractivity contribution < 1.29 is 0 Å². The van der Waals surface area contributed by atoms with E-state index in [9.17, 15) is 0 Å². The van der Waals surface area contributed by atoms with Crippen LogP contribution in [-0.4, -0.2) is 49.3 Å². The van der Waals surface area contributed by atoms with Gasteiger partial charge in [-0.15, -0.1) is 6.58 Å². The average Bonchev–Trinajstić information content (AvgIpc) is 3.76. The second-order valence-electron chi connectivity index (χ2n) is 16.1. The highest BCUT2D eigenvalue weighted by atomic mass is 15.4. The van der Waals surface area contributed by atoms with Gasteiger partial charge >= 0.3 is 0 Å². The van der Waals surface area contributed by atoms with Crippen LogP contribution >= 0.6 is 0 Å². The number of nitrogens with one attached hydrogen (secondary N) is 8. The van der Waals surface area contributed by atoms with E-state index in [1.165, 1.54) is 96.3 Å². The Morgan fingerprint density at radius 2 is 0.619 bits per heavy atom. The molecule has 234 valence electrons. The Kier molecular flexibility index (Phi) is 7.48. The fourth-order valence-electron chi connectivity index (χ4n) is 12.4. The number of hydrogen-bond acceptors (Lipinski definition) is 8. The van der Waals surface area contributed by atoms with Gasteiger partial charge < -0.3 is 0 Å². The third-order valence-electron chi connectivity index (χ3n) is 14.2. The predicted octanol–water partition coefficient (Wildman–Crippen LogP) is 3.02. The zero-order valence-electron chi connectivity index (χ0n) is 25.7. The summed E-state index contributed by atoms with van der Waals surface area (Å²) in [4.78, 5) is 0. The van der Waals surface area contributed by atoms with E-state index in [2.05, 4.69) is 55.2 Å². The highest BCUT2D eigenvalue weighted by molar-refractivity contribution is 5.10. The summed E-state index contributed by atoms with van der Waals surface area (Å²) in [7, 11) is 0. The third kappa shape index (κ3) is 4.60. The van der Waals surface area contributed by atoms with Gasteiger partial charge in [-0.1, -0.05) is 51.0 Å². The summed E-state index contributed by atoms with van der Waals surface area (Å²) in [5, 5.41) is 33.9. The summed E-state index contributed by atoms with van der Waals surface area (Å²) in [6.45, 7) is 4.35. The van der Waals surface area contributed by atoms with Crippen LogP contribution in [0.3, 0.4) is 0 Å². The van der Waals surface area contributed by atoms with E-state index in [1.54, 1.807) is 0 Å². The van der Waals surface area contributed by atoms with Crippen LogP contribution in [0.2, 0.25) is 0 Å². The second-order valence-corrected chi connectivity index (χ2v) is 16.1. The van der Waals surface area contributed by atoms with Crippen molar-refractivity contribution in [1.82, 2.24) is 42.5 Å². The molecule has 0 radical (unpaired) electrons. The summed E-state index contributed by atoms with van der Waals surface area (Å²) in [6.07, 6.45) is 25.8. The molecule has 9 rings (SSSR count). The molecule has 0 amide bonds. The lowest BCUT2D eigenvalue weighted by Gasteiger charge is -2.38. The molecule has 8 heteroatoms. The van der Waals surface area contributed by atoms with Gasteiger partial charge in [-0.2, -0.15) is 0 Å². The molecule has 0 aromatic rings. The standard InChI is InChI=1S/C34H58N8/c1-2-18-10-9-17-25-26(18)34-41-32-24-16-8-7-15-23(24)30(39-32)37-28-20-12-4-3-11-19(20)27(35-28)36-29-21-13-5-6-14-22(21)31(38-29)40-33(25)42-34/h2,18-42H,1,3-17H2. The van der Waals surface area contributed by atoms with Crippen LogP contribution < -0.4 is 42.5 Å². The minimum Gasteiger partial charge on any atom is -0.286 e. The molecule has 17 unspecified atom stereocenters. The Balaban J connectivity index is 1.07. The van der Waals surface area contributed by atoms with E-state index in [4.69, 9.17) is 0 Å². The van der Waals surface area contributed by atoms with Crippen molar-refractivity contribution in [2.45, 2.75) is 146 Å². The smallest absolute Gasteiger partial charge is 0.0634 e. The van der Waals surface area contributed by atoms with Crippen LogP contribution in [-0.2, 0) is 0 Å². The first-order chi connectivity index (χ1) is 20.7. The highest BCUT2D eigenvalue weighted by Gasteiger charge is 2.55. The molecule has 8 nitrogen and oxygen atoms in total.